The minimum atomic E-state index is -0.622. The van der Waals surface area contributed by atoms with Crippen LogP contribution in [0.5, 0.6) is 0 Å². The Labute approximate surface area is 135 Å². The number of halogens is 2. The monoisotopic (exact) mass is 323 g/mol. The maximum absolute atomic E-state index is 13.5. The lowest BCUT2D eigenvalue weighted by Crippen LogP contribution is -2.45. The van der Waals surface area contributed by atoms with Crippen LogP contribution in [-0.4, -0.2) is 43.0 Å². The van der Waals surface area contributed by atoms with Crippen molar-refractivity contribution in [3.8, 4) is 0 Å². The van der Waals surface area contributed by atoms with Crippen molar-refractivity contribution in [1.82, 2.24) is 10.2 Å². The van der Waals surface area contributed by atoms with Gasteiger partial charge in [-0.05, 0) is 50.3 Å². The summed E-state index contributed by atoms with van der Waals surface area (Å²) in [6, 6.07) is 3.59. The zero-order chi connectivity index (χ0) is 16.2. The van der Waals surface area contributed by atoms with Gasteiger partial charge >= 0.3 is 0 Å². The highest BCUT2D eigenvalue weighted by molar-refractivity contribution is 5.92. The molecule has 23 heavy (non-hydrogen) atoms. The van der Waals surface area contributed by atoms with Crippen molar-refractivity contribution in [3.63, 3.8) is 0 Å². The molecular weight excluding hydrogens is 300 g/mol. The van der Waals surface area contributed by atoms with Gasteiger partial charge in [0.25, 0.3) is 0 Å². The molecule has 126 valence electrons. The summed E-state index contributed by atoms with van der Waals surface area (Å²) in [5.41, 5.74) is -0.101. The summed E-state index contributed by atoms with van der Waals surface area (Å²) in [7, 11) is 0. The van der Waals surface area contributed by atoms with E-state index in [2.05, 4.69) is 15.5 Å². The minimum absolute atomic E-state index is 0.101. The number of benzene rings is 1. The average molecular weight is 323 g/mol. The number of rotatable bonds is 6. The smallest absolute Gasteiger partial charge is 0.238 e. The standard InChI is InChI=1S/C17H23F2N3O/c18-13-3-4-15(19)16(9-13)21-17(23)11-22-7-5-14(6-8-22)20-10-12-1-2-12/h3-4,9,12,14,20H,1-2,5-8,10-11H2,(H,21,23). The predicted octanol–water partition coefficient (Wildman–Crippen LogP) is 2.37. The van der Waals surface area contributed by atoms with Gasteiger partial charge in [0.15, 0.2) is 0 Å². The largest absolute Gasteiger partial charge is 0.322 e. The van der Waals surface area contributed by atoms with E-state index in [1.54, 1.807) is 0 Å². The first kappa shape index (κ1) is 16.3. The van der Waals surface area contributed by atoms with E-state index in [4.69, 9.17) is 0 Å². The third-order valence-corrected chi connectivity index (χ3v) is 4.55. The van der Waals surface area contributed by atoms with E-state index in [1.165, 1.54) is 12.8 Å². The second-order valence-corrected chi connectivity index (χ2v) is 6.57. The Morgan fingerprint density at radius 3 is 2.61 bits per heavy atom. The van der Waals surface area contributed by atoms with Gasteiger partial charge in [-0.3, -0.25) is 9.69 Å². The highest BCUT2D eigenvalue weighted by Gasteiger charge is 2.25. The summed E-state index contributed by atoms with van der Waals surface area (Å²) in [6.07, 6.45) is 4.74. The molecule has 0 aromatic heterocycles. The zero-order valence-corrected chi connectivity index (χ0v) is 13.2. The normalized spacial score (nSPS) is 19.7. The fourth-order valence-corrected chi connectivity index (χ4v) is 2.94. The van der Waals surface area contributed by atoms with E-state index in [9.17, 15) is 13.6 Å². The molecule has 3 rings (SSSR count). The molecule has 1 aromatic carbocycles. The van der Waals surface area contributed by atoms with E-state index in [0.29, 0.717) is 6.04 Å². The van der Waals surface area contributed by atoms with Crippen LogP contribution in [-0.2, 0) is 4.79 Å². The van der Waals surface area contributed by atoms with Gasteiger partial charge in [-0.1, -0.05) is 0 Å². The van der Waals surface area contributed by atoms with Gasteiger partial charge in [0.2, 0.25) is 5.91 Å². The maximum atomic E-state index is 13.5. The number of hydrogen-bond acceptors (Lipinski definition) is 3. The summed E-state index contributed by atoms with van der Waals surface area (Å²) in [5, 5.41) is 6.04. The Hall–Kier alpha value is -1.53. The van der Waals surface area contributed by atoms with E-state index in [1.807, 2.05) is 0 Å². The van der Waals surface area contributed by atoms with Crippen molar-refractivity contribution in [2.24, 2.45) is 5.92 Å². The van der Waals surface area contributed by atoms with Crippen LogP contribution in [0.25, 0.3) is 0 Å². The maximum Gasteiger partial charge on any atom is 0.238 e. The number of likely N-dealkylation sites (tertiary alicyclic amines) is 1. The summed E-state index contributed by atoms with van der Waals surface area (Å²) >= 11 is 0. The Bertz CT molecular complexity index is 555. The van der Waals surface area contributed by atoms with Gasteiger partial charge in [0, 0.05) is 25.2 Å². The Balaban J connectivity index is 1.41. The molecule has 0 unspecified atom stereocenters. The van der Waals surface area contributed by atoms with Gasteiger partial charge in [-0.25, -0.2) is 8.78 Å². The van der Waals surface area contributed by atoms with Crippen LogP contribution in [0.4, 0.5) is 14.5 Å². The fraction of sp³-hybridized carbons (Fsp3) is 0.588. The highest BCUT2D eigenvalue weighted by atomic mass is 19.1. The molecule has 6 heteroatoms. The third-order valence-electron chi connectivity index (χ3n) is 4.55. The van der Waals surface area contributed by atoms with E-state index >= 15 is 0 Å². The van der Waals surface area contributed by atoms with E-state index in [-0.39, 0.29) is 18.1 Å². The molecule has 0 bridgehead atoms. The van der Waals surface area contributed by atoms with Crippen LogP contribution in [0.1, 0.15) is 25.7 Å². The number of carbonyl (C=O) groups excluding carboxylic acids is 1. The predicted molar refractivity (Wildman–Crippen MR) is 85.2 cm³/mol. The van der Waals surface area contributed by atoms with Gasteiger partial charge in [-0.15, -0.1) is 0 Å². The number of piperidine rings is 1. The molecule has 1 heterocycles. The SMILES string of the molecule is O=C(CN1CCC(NCC2CC2)CC1)Nc1cc(F)ccc1F. The van der Waals surface area contributed by atoms with Gasteiger partial charge < -0.3 is 10.6 Å². The van der Waals surface area contributed by atoms with Crippen LogP contribution in [0.2, 0.25) is 0 Å². The second kappa shape index (κ2) is 7.36. The molecule has 1 amide bonds. The molecular formula is C17H23F2N3O. The molecule has 1 saturated carbocycles. The quantitative estimate of drug-likeness (QED) is 0.845. The lowest BCUT2D eigenvalue weighted by Gasteiger charge is -2.32. The Kier molecular flexibility index (Phi) is 5.23. The van der Waals surface area contributed by atoms with Crippen LogP contribution in [0, 0.1) is 17.6 Å². The molecule has 1 aliphatic heterocycles. The highest BCUT2D eigenvalue weighted by Crippen LogP contribution is 2.28. The number of nitrogens with one attached hydrogen (secondary N) is 2. The van der Waals surface area contributed by atoms with Gasteiger partial charge in [0.1, 0.15) is 11.6 Å². The average Bonchev–Trinajstić information content (AvgIpc) is 3.34. The van der Waals surface area contributed by atoms with Crippen molar-refractivity contribution < 1.29 is 13.6 Å². The van der Waals surface area contributed by atoms with Crippen LogP contribution >= 0.6 is 0 Å². The van der Waals surface area contributed by atoms with Crippen molar-refractivity contribution in [1.29, 1.82) is 0 Å². The molecule has 0 atom stereocenters. The minimum Gasteiger partial charge on any atom is -0.322 e. The topological polar surface area (TPSA) is 44.4 Å². The molecule has 1 aliphatic carbocycles. The van der Waals surface area contributed by atoms with E-state index < -0.39 is 11.6 Å². The van der Waals surface area contributed by atoms with Crippen LogP contribution in [0.15, 0.2) is 18.2 Å². The molecule has 1 aromatic rings. The van der Waals surface area contributed by atoms with Crippen molar-refractivity contribution in [3.05, 3.63) is 29.8 Å². The molecule has 2 fully saturated rings. The number of nitrogens with zero attached hydrogens (tertiary/aromatic N) is 1. The summed E-state index contributed by atoms with van der Waals surface area (Å²) in [4.78, 5) is 14.0. The van der Waals surface area contributed by atoms with Crippen molar-refractivity contribution in [2.75, 3.05) is 31.5 Å². The van der Waals surface area contributed by atoms with Crippen LogP contribution < -0.4 is 10.6 Å². The Morgan fingerprint density at radius 1 is 1.17 bits per heavy atom. The van der Waals surface area contributed by atoms with Gasteiger partial charge in [0.05, 0.1) is 12.2 Å². The second-order valence-electron chi connectivity index (χ2n) is 6.57. The van der Waals surface area contributed by atoms with Gasteiger partial charge in [-0.2, -0.15) is 0 Å². The molecule has 0 spiro atoms. The van der Waals surface area contributed by atoms with Crippen LogP contribution in [0.3, 0.4) is 0 Å². The lowest BCUT2D eigenvalue weighted by molar-refractivity contribution is -0.117. The number of anilines is 1. The third kappa shape index (κ3) is 4.97. The number of carbonyl (C=O) groups is 1. The first-order valence-electron chi connectivity index (χ1n) is 8.31. The first-order chi connectivity index (χ1) is 11.1. The van der Waals surface area contributed by atoms with Crippen molar-refractivity contribution >= 4 is 11.6 Å². The lowest BCUT2D eigenvalue weighted by atomic mass is 10.0. The van der Waals surface area contributed by atoms with E-state index in [0.717, 1.165) is 56.6 Å². The first-order valence-corrected chi connectivity index (χ1v) is 8.31. The molecule has 2 N–H and O–H groups in total. The summed E-state index contributed by atoms with van der Waals surface area (Å²) < 4.78 is 26.6. The Morgan fingerprint density at radius 2 is 1.91 bits per heavy atom. The zero-order valence-electron chi connectivity index (χ0n) is 13.2. The molecule has 0 radical (unpaired) electrons. The molecule has 2 aliphatic rings. The fourth-order valence-electron chi connectivity index (χ4n) is 2.94. The summed E-state index contributed by atoms with van der Waals surface area (Å²) in [6.45, 7) is 3.03. The number of amides is 1. The molecule has 4 nitrogen and oxygen atoms in total. The molecule has 1 saturated heterocycles. The number of hydrogen-bond donors (Lipinski definition) is 2. The van der Waals surface area contributed by atoms with Crippen molar-refractivity contribution in [2.45, 2.75) is 31.7 Å². The summed E-state index contributed by atoms with van der Waals surface area (Å²) in [5.74, 6) is -0.620.